The molecule has 118 valence electrons. The van der Waals surface area contributed by atoms with Gasteiger partial charge in [-0.1, -0.05) is 58.7 Å². The maximum Gasteiger partial charge on any atom is 0.137 e. The Kier molecular flexibility index (Phi) is 9.43. The van der Waals surface area contributed by atoms with Gasteiger partial charge in [-0.3, -0.25) is 0 Å². The molecule has 0 aromatic rings. The van der Waals surface area contributed by atoms with E-state index in [0.29, 0.717) is 0 Å². The molecule has 0 aliphatic carbocycles. The van der Waals surface area contributed by atoms with Gasteiger partial charge in [0.1, 0.15) is 14.2 Å². The average Bonchev–Trinajstić information content (AvgIpc) is 2.38. The first kappa shape index (κ1) is 20.0. The van der Waals surface area contributed by atoms with Gasteiger partial charge in [0.05, 0.1) is 0 Å². The van der Waals surface area contributed by atoms with Crippen molar-refractivity contribution < 1.29 is 5.11 Å². The molecular weight excluding hydrogens is 272 g/mol. The zero-order valence-electron chi connectivity index (χ0n) is 14.5. The predicted molar refractivity (Wildman–Crippen MR) is 96.7 cm³/mol. The van der Waals surface area contributed by atoms with Crippen LogP contribution in [0, 0.1) is 23.8 Å². The molecule has 1 nitrogen and oxygen atoms in total. The molecule has 0 amide bonds. The van der Waals surface area contributed by atoms with Gasteiger partial charge in [0.15, 0.2) is 0 Å². The SMILES string of the molecule is C#CCCCCCC/C=C/C(O)C#C[Si](C)(C)C(C)(C)C. The van der Waals surface area contributed by atoms with Gasteiger partial charge < -0.3 is 5.11 Å². The summed E-state index contributed by atoms with van der Waals surface area (Å²) in [5, 5.41) is 10.1. The van der Waals surface area contributed by atoms with E-state index >= 15 is 0 Å². The lowest BCUT2D eigenvalue weighted by molar-refractivity contribution is 0.280. The van der Waals surface area contributed by atoms with Crippen LogP contribution >= 0.6 is 0 Å². The lowest BCUT2D eigenvalue weighted by Crippen LogP contribution is -2.35. The Labute approximate surface area is 133 Å². The van der Waals surface area contributed by atoms with Gasteiger partial charge in [-0.2, -0.15) is 0 Å². The van der Waals surface area contributed by atoms with Gasteiger partial charge in [-0.25, -0.2) is 0 Å². The minimum Gasteiger partial charge on any atom is -0.377 e. The molecule has 0 bridgehead atoms. The van der Waals surface area contributed by atoms with E-state index < -0.39 is 14.2 Å². The van der Waals surface area contributed by atoms with Gasteiger partial charge >= 0.3 is 0 Å². The van der Waals surface area contributed by atoms with Crippen LogP contribution < -0.4 is 0 Å². The van der Waals surface area contributed by atoms with E-state index in [-0.39, 0.29) is 5.04 Å². The second-order valence-electron chi connectivity index (χ2n) is 7.17. The number of aliphatic hydroxyl groups is 1. The summed E-state index contributed by atoms with van der Waals surface area (Å²) in [6, 6.07) is 0. The van der Waals surface area contributed by atoms with Gasteiger partial charge in [0, 0.05) is 6.42 Å². The molecule has 21 heavy (non-hydrogen) atoms. The maximum atomic E-state index is 9.89. The Morgan fingerprint density at radius 3 is 2.33 bits per heavy atom. The van der Waals surface area contributed by atoms with Crippen molar-refractivity contribution in [3.63, 3.8) is 0 Å². The molecule has 1 atom stereocenters. The summed E-state index contributed by atoms with van der Waals surface area (Å²) in [6.07, 6.45) is 15.0. The van der Waals surface area contributed by atoms with Crippen molar-refractivity contribution in [1.29, 1.82) is 0 Å². The molecule has 0 aliphatic rings. The zero-order chi connectivity index (χ0) is 16.4. The molecule has 0 fully saturated rings. The molecular formula is C19H32OSi. The van der Waals surface area contributed by atoms with Gasteiger partial charge in [-0.05, 0) is 30.4 Å². The van der Waals surface area contributed by atoms with Crippen LogP contribution in [0.25, 0.3) is 0 Å². The van der Waals surface area contributed by atoms with Crippen LogP contribution in [0.4, 0.5) is 0 Å². The molecule has 0 heterocycles. The fourth-order valence-electron chi connectivity index (χ4n) is 1.56. The minimum atomic E-state index is -1.61. The standard InChI is InChI=1S/C19H32OSi/c1-7-8-9-10-11-12-13-14-15-18(20)16-17-21(5,6)19(2,3)4/h1,14-15,18,20H,8-13H2,2-6H3/b15-14+. The van der Waals surface area contributed by atoms with Crippen molar-refractivity contribution in [2.45, 2.75) is 83.5 Å². The summed E-state index contributed by atoms with van der Waals surface area (Å²) in [6.45, 7) is 11.2. The summed E-state index contributed by atoms with van der Waals surface area (Å²) in [5.41, 5.74) is 3.34. The fourth-order valence-corrected chi connectivity index (χ4v) is 2.44. The third-order valence-electron chi connectivity index (χ3n) is 4.17. The van der Waals surface area contributed by atoms with Gasteiger partial charge in [-0.15, -0.1) is 17.9 Å². The molecule has 1 N–H and O–H groups in total. The lowest BCUT2D eigenvalue weighted by atomic mass is 10.1. The number of hydrogen-bond acceptors (Lipinski definition) is 1. The molecule has 1 unspecified atom stereocenters. The van der Waals surface area contributed by atoms with Crippen LogP contribution in [0.15, 0.2) is 12.2 Å². The minimum absolute atomic E-state index is 0.238. The third-order valence-corrected chi connectivity index (χ3v) is 8.69. The molecule has 0 spiro atoms. The van der Waals surface area contributed by atoms with E-state index in [2.05, 4.69) is 51.2 Å². The van der Waals surface area contributed by atoms with Gasteiger partial charge in [0.25, 0.3) is 0 Å². The summed E-state index contributed by atoms with van der Waals surface area (Å²) >= 11 is 0. The molecule has 0 rings (SSSR count). The zero-order valence-corrected chi connectivity index (χ0v) is 15.5. The van der Waals surface area contributed by atoms with E-state index in [4.69, 9.17) is 6.42 Å². The van der Waals surface area contributed by atoms with Crippen LogP contribution in [0.5, 0.6) is 0 Å². The highest BCUT2D eigenvalue weighted by Crippen LogP contribution is 2.35. The first-order chi connectivity index (χ1) is 9.70. The Balaban J connectivity index is 4.03. The largest absolute Gasteiger partial charge is 0.377 e. The van der Waals surface area contributed by atoms with Crippen LogP contribution in [0.1, 0.15) is 59.3 Å². The highest BCUT2D eigenvalue weighted by Gasteiger charge is 2.33. The number of hydrogen-bond donors (Lipinski definition) is 1. The Hall–Kier alpha value is -0.963. The van der Waals surface area contributed by atoms with Crippen molar-refractivity contribution >= 4 is 8.07 Å². The molecule has 0 aliphatic heterocycles. The molecule has 0 radical (unpaired) electrons. The Morgan fingerprint density at radius 1 is 1.14 bits per heavy atom. The average molecular weight is 305 g/mol. The van der Waals surface area contributed by atoms with Crippen molar-refractivity contribution in [2.24, 2.45) is 0 Å². The van der Waals surface area contributed by atoms with E-state index in [0.717, 1.165) is 25.7 Å². The van der Waals surface area contributed by atoms with Crippen molar-refractivity contribution in [1.82, 2.24) is 0 Å². The second kappa shape index (κ2) is 9.88. The fraction of sp³-hybridized carbons (Fsp3) is 0.684. The molecule has 2 heteroatoms. The van der Waals surface area contributed by atoms with Crippen molar-refractivity contribution in [3.05, 3.63) is 12.2 Å². The van der Waals surface area contributed by atoms with Crippen LogP contribution in [0.3, 0.4) is 0 Å². The van der Waals surface area contributed by atoms with Crippen molar-refractivity contribution in [3.8, 4) is 23.8 Å². The molecule has 0 aromatic carbocycles. The molecule has 0 saturated carbocycles. The summed E-state index contributed by atoms with van der Waals surface area (Å²) in [7, 11) is -1.61. The summed E-state index contributed by atoms with van der Waals surface area (Å²) < 4.78 is 0. The predicted octanol–water partition coefficient (Wildman–Crippen LogP) is 4.93. The van der Waals surface area contributed by atoms with Gasteiger partial charge in [0.2, 0.25) is 0 Å². The molecule has 0 saturated heterocycles. The summed E-state index contributed by atoms with van der Waals surface area (Å²) in [4.78, 5) is 0. The Bertz CT molecular complexity index is 410. The maximum absolute atomic E-state index is 9.89. The van der Waals surface area contributed by atoms with Crippen LogP contribution in [-0.4, -0.2) is 19.3 Å². The Morgan fingerprint density at radius 2 is 1.76 bits per heavy atom. The number of unbranched alkanes of at least 4 members (excludes halogenated alkanes) is 5. The smallest absolute Gasteiger partial charge is 0.137 e. The monoisotopic (exact) mass is 304 g/mol. The normalized spacial score (nSPS) is 13.6. The quantitative estimate of drug-likeness (QED) is 0.306. The first-order valence-corrected chi connectivity index (χ1v) is 11.0. The molecule has 0 aromatic heterocycles. The van der Waals surface area contributed by atoms with Crippen LogP contribution in [-0.2, 0) is 0 Å². The highest BCUT2D eigenvalue weighted by molar-refractivity contribution is 6.87. The van der Waals surface area contributed by atoms with Crippen molar-refractivity contribution in [2.75, 3.05) is 0 Å². The second-order valence-corrected chi connectivity index (χ2v) is 12.2. The summed E-state index contributed by atoms with van der Waals surface area (Å²) in [5.74, 6) is 5.67. The highest BCUT2D eigenvalue weighted by atomic mass is 28.3. The number of aliphatic hydroxyl groups excluding tert-OH is 1. The van der Waals surface area contributed by atoms with E-state index in [1.165, 1.54) is 12.8 Å². The first-order valence-electron chi connectivity index (χ1n) is 8.01. The van der Waals surface area contributed by atoms with Crippen LogP contribution in [0.2, 0.25) is 18.1 Å². The van der Waals surface area contributed by atoms with E-state index in [9.17, 15) is 5.11 Å². The topological polar surface area (TPSA) is 20.2 Å². The van der Waals surface area contributed by atoms with E-state index in [1.807, 2.05) is 12.2 Å². The lowest BCUT2D eigenvalue weighted by Gasteiger charge is -2.31. The number of rotatable bonds is 7. The third kappa shape index (κ3) is 9.56. The number of allylic oxidation sites excluding steroid dienone is 1. The number of terminal acetylenes is 1. The van der Waals surface area contributed by atoms with E-state index in [1.54, 1.807) is 0 Å².